The molecule has 0 spiro atoms. The van der Waals surface area contributed by atoms with Gasteiger partial charge in [-0.1, -0.05) is 27.7 Å². The quantitative estimate of drug-likeness (QED) is 0.629. The Balaban J connectivity index is -0.000000176. The van der Waals surface area contributed by atoms with Crippen LogP contribution in [0.3, 0.4) is 0 Å². The van der Waals surface area contributed by atoms with Gasteiger partial charge in [-0.15, -0.1) is 0 Å². The zero-order valence-electron chi connectivity index (χ0n) is 10.9. The molecule has 1 fully saturated rings. The number of alkyl halides is 2. The van der Waals surface area contributed by atoms with Gasteiger partial charge in [0.05, 0.1) is 6.61 Å². The molecule has 2 nitrogen and oxygen atoms in total. The second kappa shape index (κ2) is 23.5. The molecule has 1 rings (SSSR count). The molecule has 0 saturated carbocycles. The van der Waals surface area contributed by atoms with Crippen LogP contribution in [0.25, 0.3) is 0 Å². The van der Waals surface area contributed by atoms with Gasteiger partial charge in [0, 0.05) is 19.7 Å². The van der Waals surface area contributed by atoms with E-state index in [4.69, 9.17) is 4.74 Å². The molecule has 0 aliphatic carbocycles. The van der Waals surface area contributed by atoms with Gasteiger partial charge < -0.3 is 9.64 Å². The molecule has 0 atom stereocenters. The molecular weight excluding hydrogens is 200 g/mol. The average Bonchev–Trinajstić information content (AvgIpc) is 2.53. The van der Waals surface area contributed by atoms with Gasteiger partial charge in [0.25, 0.3) is 0 Å². The third-order valence-electron chi connectivity index (χ3n) is 1.45. The number of hydrogen-bond donors (Lipinski definition) is 0. The molecule has 1 aliphatic rings. The summed E-state index contributed by atoms with van der Waals surface area (Å²) in [5, 5.41) is 0. The van der Waals surface area contributed by atoms with Crippen molar-refractivity contribution in [3.05, 3.63) is 0 Å². The van der Waals surface area contributed by atoms with E-state index in [9.17, 15) is 8.78 Å². The van der Waals surface area contributed by atoms with Crippen LogP contribution in [0.15, 0.2) is 0 Å². The number of halogens is 2. The first-order valence-corrected chi connectivity index (χ1v) is 5.69. The van der Waals surface area contributed by atoms with Crippen LogP contribution in [-0.4, -0.2) is 45.2 Å². The van der Waals surface area contributed by atoms with E-state index >= 15 is 0 Å². The average molecular weight is 227 g/mol. The van der Waals surface area contributed by atoms with Gasteiger partial charge in [-0.05, 0) is 13.5 Å². The normalized spacial score (nSPS) is 15.4. The molecule has 0 N–H and O–H groups in total. The summed E-state index contributed by atoms with van der Waals surface area (Å²) in [5.74, 6) is 0. The lowest BCUT2D eigenvalue weighted by molar-refractivity contribution is 0.144. The number of rotatable bonds is 0. The highest BCUT2D eigenvalue weighted by Gasteiger charge is 2.01. The predicted octanol–water partition coefficient (Wildman–Crippen LogP) is 3.27. The third-order valence-corrected chi connectivity index (χ3v) is 1.45. The van der Waals surface area contributed by atoms with E-state index in [1.807, 2.05) is 27.7 Å². The summed E-state index contributed by atoms with van der Waals surface area (Å²) < 4.78 is 24.5. The molecule has 1 heterocycles. The van der Waals surface area contributed by atoms with Gasteiger partial charge in [-0.2, -0.15) is 0 Å². The van der Waals surface area contributed by atoms with Gasteiger partial charge in [0.1, 0.15) is 0 Å². The minimum Gasteiger partial charge on any atom is -0.380 e. The highest BCUT2D eigenvalue weighted by atomic mass is 19.3. The Kier molecular flexibility index (Phi) is 31.7. The SMILES string of the molecule is CC.CC.CN1CCCOCC1.FCF. The van der Waals surface area contributed by atoms with Crippen molar-refractivity contribution in [2.75, 3.05) is 40.3 Å². The van der Waals surface area contributed by atoms with E-state index < -0.39 is 6.93 Å². The van der Waals surface area contributed by atoms with E-state index in [0.717, 1.165) is 19.8 Å². The Morgan fingerprint density at radius 1 is 1.00 bits per heavy atom. The largest absolute Gasteiger partial charge is 0.380 e. The lowest BCUT2D eigenvalue weighted by Crippen LogP contribution is -2.20. The predicted molar refractivity (Wildman–Crippen MR) is 62.7 cm³/mol. The van der Waals surface area contributed by atoms with Gasteiger partial charge in [0.15, 0.2) is 0 Å². The number of likely N-dealkylation sites (N-methyl/N-ethyl adjacent to an activating group) is 1. The van der Waals surface area contributed by atoms with Gasteiger partial charge in [0.2, 0.25) is 6.93 Å². The summed E-state index contributed by atoms with van der Waals surface area (Å²) in [7, 11) is 2.13. The van der Waals surface area contributed by atoms with Crippen LogP contribution >= 0.6 is 0 Å². The van der Waals surface area contributed by atoms with Crippen molar-refractivity contribution in [2.24, 2.45) is 0 Å². The third kappa shape index (κ3) is 24.8. The van der Waals surface area contributed by atoms with Crippen LogP contribution in [0.2, 0.25) is 0 Å². The molecule has 1 aliphatic heterocycles. The molecule has 0 aromatic carbocycles. The maximum atomic E-state index is 9.62. The molecule has 0 amide bonds. The Hall–Kier alpha value is -0.220. The Morgan fingerprint density at radius 3 is 1.93 bits per heavy atom. The standard InChI is InChI=1S/C6H13NO.2C2H6.CH2F2/c1-7-3-2-5-8-6-4-7;2*1-2;2-1-3/h2-6H2,1H3;2*1-2H3;1H2. The maximum absolute atomic E-state index is 9.62. The smallest absolute Gasteiger partial charge is 0.229 e. The van der Waals surface area contributed by atoms with E-state index in [-0.39, 0.29) is 0 Å². The molecule has 0 aromatic rings. The van der Waals surface area contributed by atoms with Crippen molar-refractivity contribution >= 4 is 0 Å². The summed E-state index contributed by atoms with van der Waals surface area (Å²) in [6.07, 6.45) is 1.19. The lowest BCUT2D eigenvalue weighted by Gasteiger charge is -2.09. The zero-order chi connectivity index (χ0) is 12.5. The summed E-state index contributed by atoms with van der Waals surface area (Å²) in [4.78, 5) is 2.30. The molecule has 4 heteroatoms. The van der Waals surface area contributed by atoms with Crippen LogP contribution in [0.4, 0.5) is 8.78 Å². The molecule has 15 heavy (non-hydrogen) atoms. The number of nitrogens with zero attached hydrogens (tertiary/aromatic N) is 1. The second-order valence-corrected chi connectivity index (χ2v) is 2.37. The van der Waals surface area contributed by atoms with E-state index in [2.05, 4.69) is 11.9 Å². The highest BCUT2D eigenvalue weighted by Crippen LogP contribution is 1.93. The Morgan fingerprint density at radius 2 is 1.47 bits per heavy atom. The molecule has 0 aromatic heterocycles. The van der Waals surface area contributed by atoms with Crippen molar-refractivity contribution in [1.29, 1.82) is 0 Å². The topological polar surface area (TPSA) is 12.5 Å². The summed E-state index contributed by atoms with van der Waals surface area (Å²) in [6, 6.07) is 0. The Labute approximate surface area is 93.6 Å². The fourth-order valence-corrected chi connectivity index (χ4v) is 0.871. The van der Waals surface area contributed by atoms with Crippen molar-refractivity contribution in [3.63, 3.8) is 0 Å². The van der Waals surface area contributed by atoms with Crippen molar-refractivity contribution < 1.29 is 13.5 Å². The summed E-state index contributed by atoms with van der Waals surface area (Å²) in [6.45, 7) is 10.4. The molecule has 0 bridgehead atoms. The fourth-order valence-electron chi connectivity index (χ4n) is 0.871. The van der Waals surface area contributed by atoms with E-state index in [1.165, 1.54) is 13.0 Å². The van der Waals surface area contributed by atoms with Gasteiger partial charge >= 0.3 is 0 Å². The number of ether oxygens (including phenoxy) is 1. The molecule has 1 saturated heterocycles. The van der Waals surface area contributed by atoms with Crippen molar-refractivity contribution in [2.45, 2.75) is 34.1 Å². The van der Waals surface area contributed by atoms with Crippen LogP contribution < -0.4 is 0 Å². The lowest BCUT2D eigenvalue weighted by atomic mass is 10.4. The second-order valence-electron chi connectivity index (χ2n) is 2.37. The summed E-state index contributed by atoms with van der Waals surface area (Å²) >= 11 is 0. The monoisotopic (exact) mass is 227 g/mol. The van der Waals surface area contributed by atoms with E-state index in [1.54, 1.807) is 0 Å². The van der Waals surface area contributed by atoms with Crippen LogP contribution in [-0.2, 0) is 4.74 Å². The minimum atomic E-state index is -1.75. The summed E-state index contributed by atoms with van der Waals surface area (Å²) in [5.41, 5.74) is 0. The minimum absolute atomic E-state index is 0.913. The van der Waals surface area contributed by atoms with Gasteiger partial charge in [-0.3, -0.25) is 0 Å². The van der Waals surface area contributed by atoms with Crippen molar-refractivity contribution in [1.82, 2.24) is 4.90 Å². The first-order valence-electron chi connectivity index (χ1n) is 5.69. The van der Waals surface area contributed by atoms with Crippen molar-refractivity contribution in [3.8, 4) is 0 Å². The van der Waals surface area contributed by atoms with Crippen LogP contribution in [0, 0.1) is 0 Å². The first-order chi connectivity index (χ1) is 7.31. The van der Waals surface area contributed by atoms with Gasteiger partial charge in [-0.25, -0.2) is 8.78 Å². The zero-order valence-corrected chi connectivity index (χ0v) is 10.9. The fraction of sp³-hybridized carbons (Fsp3) is 1.00. The Bertz CT molecular complexity index is 77.0. The molecule has 0 unspecified atom stereocenters. The van der Waals surface area contributed by atoms with E-state index in [0.29, 0.717) is 0 Å². The molecule has 0 radical (unpaired) electrons. The maximum Gasteiger partial charge on any atom is 0.229 e. The number of hydrogen-bond acceptors (Lipinski definition) is 2. The molecule has 96 valence electrons. The van der Waals surface area contributed by atoms with Crippen LogP contribution in [0.5, 0.6) is 0 Å². The highest BCUT2D eigenvalue weighted by molar-refractivity contribution is 4.53. The first kappa shape index (κ1) is 20.2. The van der Waals surface area contributed by atoms with Crippen LogP contribution in [0.1, 0.15) is 34.1 Å². The molecular formula is C11H27F2NO.